The van der Waals surface area contributed by atoms with E-state index < -0.39 is 8.56 Å². The van der Waals surface area contributed by atoms with E-state index in [4.69, 9.17) is 8.85 Å². The van der Waals surface area contributed by atoms with Gasteiger partial charge in [-0.05, 0) is 11.1 Å². The van der Waals surface area contributed by atoms with Gasteiger partial charge in [0.15, 0.2) is 0 Å². The molecule has 0 bridgehead atoms. The first kappa shape index (κ1) is 21.3. The van der Waals surface area contributed by atoms with Crippen molar-refractivity contribution in [2.45, 2.75) is 38.8 Å². The minimum Gasteiger partial charge on any atom is -0.393 e. The van der Waals surface area contributed by atoms with Crippen LogP contribution in [0.4, 0.5) is 0 Å². The van der Waals surface area contributed by atoms with E-state index in [2.05, 4.69) is 48.1 Å². The zero-order valence-electron chi connectivity index (χ0n) is 16.9. The minimum absolute atomic E-state index is 0.471. The molecule has 6 nitrogen and oxygen atoms in total. The van der Waals surface area contributed by atoms with E-state index in [0.29, 0.717) is 11.1 Å². The molecule has 0 unspecified atom stereocenters. The Morgan fingerprint density at radius 3 is 1.40 bits per heavy atom. The van der Waals surface area contributed by atoms with Crippen molar-refractivity contribution in [3.8, 4) is 0 Å². The summed E-state index contributed by atoms with van der Waals surface area (Å²) >= 11 is 0. The smallest absolute Gasteiger partial charge is 0.343 e. The maximum absolute atomic E-state index is 6.57. The van der Waals surface area contributed by atoms with Crippen molar-refractivity contribution in [2.24, 2.45) is 0 Å². The third-order valence-corrected chi connectivity index (χ3v) is 10.0. The number of hydrogen-bond donors (Lipinski definition) is 2. The molecule has 2 rings (SSSR count). The van der Waals surface area contributed by atoms with E-state index in [0.717, 1.165) is 78.7 Å². The van der Waals surface area contributed by atoms with Crippen LogP contribution in [0, 0.1) is 0 Å². The van der Waals surface area contributed by atoms with Crippen molar-refractivity contribution in [1.29, 1.82) is 0 Å². The highest BCUT2D eigenvalue weighted by molar-refractivity contribution is 6.70. The van der Waals surface area contributed by atoms with Gasteiger partial charge in [0.1, 0.15) is 0 Å². The summed E-state index contributed by atoms with van der Waals surface area (Å²) < 4.78 is 13.1. The molecular weight excluding hydrogens is 332 g/mol. The summed E-state index contributed by atoms with van der Waals surface area (Å²) in [5, 5.41) is 6.82. The summed E-state index contributed by atoms with van der Waals surface area (Å²) in [6, 6.07) is 0. The van der Waals surface area contributed by atoms with Crippen LogP contribution < -0.4 is 10.6 Å². The lowest BCUT2D eigenvalue weighted by molar-refractivity contribution is 0.111. The molecule has 148 valence electrons. The third kappa shape index (κ3) is 6.57. The quantitative estimate of drug-likeness (QED) is 0.560. The summed E-state index contributed by atoms with van der Waals surface area (Å²) in [6.07, 6.45) is 0. The highest BCUT2D eigenvalue weighted by Crippen LogP contribution is 2.34. The van der Waals surface area contributed by atoms with Crippen molar-refractivity contribution < 1.29 is 8.85 Å². The maximum atomic E-state index is 6.57. The van der Waals surface area contributed by atoms with Gasteiger partial charge in [0.25, 0.3) is 0 Å². The van der Waals surface area contributed by atoms with Crippen LogP contribution in [-0.4, -0.2) is 97.0 Å². The Hall–Kier alpha value is -0.0231. The van der Waals surface area contributed by atoms with Crippen LogP contribution in [0.15, 0.2) is 0 Å². The third-order valence-electron chi connectivity index (χ3n) is 5.50. The summed E-state index contributed by atoms with van der Waals surface area (Å²) in [7, 11) is -2.20. The number of nitrogens with one attached hydrogen (secondary N) is 2. The SMILES string of the molecule is CC(C)[Si](OCCN1CCNCC1)(OCCN1CCNCC1)C(C)C. The van der Waals surface area contributed by atoms with E-state index in [1.54, 1.807) is 0 Å². The molecule has 0 aromatic heterocycles. The minimum atomic E-state index is -2.20. The van der Waals surface area contributed by atoms with E-state index in [-0.39, 0.29) is 0 Å². The van der Waals surface area contributed by atoms with Crippen LogP contribution in [0.1, 0.15) is 27.7 Å². The molecule has 2 heterocycles. The highest BCUT2D eigenvalue weighted by Gasteiger charge is 2.45. The van der Waals surface area contributed by atoms with Crippen LogP contribution in [0.25, 0.3) is 0 Å². The molecule has 0 radical (unpaired) electrons. The standard InChI is InChI=1S/C18H40N4O2Si/c1-17(2)25(18(3)4,23-15-13-21-9-5-19-6-10-21)24-16-14-22-11-7-20-8-12-22/h17-20H,5-16H2,1-4H3. The fourth-order valence-electron chi connectivity index (χ4n) is 3.91. The Morgan fingerprint density at radius 2 is 1.08 bits per heavy atom. The molecular formula is C18H40N4O2Si. The predicted octanol–water partition coefficient (Wildman–Crippen LogP) is 1.09. The van der Waals surface area contributed by atoms with Crippen LogP contribution >= 0.6 is 0 Å². The van der Waals surface area contributed by atoms with Crippen molar-refractivity contribution in [1.82, 2.24) is 20.4 Å². The van der Waals surface area contributed by atoms with E-state index in [9.17, 15) is 0 Å². The molecule has 0 aliphatic carbocycles. The lowest BCUT2D eigenvalue weighted by Crippen LogP contribution is -2.52. The predicted molar refractivity (Wildman–Crippen MR) is 106 cm³/mol. The number of hydrogen-bond acceptors (Lipinski definition) is 6. The van der Waals surface area contributed by atoms with Gasteiger partial charge in [0, 0.05) is 78.7 Å². The fourth-order valence-corrected chi connectivity index (χ4v) is 7.48. The lowest BCUT2D eigenvalue weighted by Gasteiger charge is -2.39. The Morgan fingerprint density at radius 1 is 0.720 bits per heavy atom. The van der Waals surface area contributed by atoms with Gasteiger partial charge in [-0.2, -0.15) is 0 Å². The summed E-state index contributed by atoms with van der Waals surface area (Å²) in [5.74, 6) is 0. The highest BCUT2D eigenvalue weighted by atomic mass is 28.4. The molecule has 2 fully saturated rings. The van der Waals surface area contributed by atoms with Gasteiger partial charge in [-0.3, -0.25) is 9.80 Å². The van der Waals surface area contributed by atoms with Crippen molar-refractivity contribution in [3.05, 3.63) is 0 Å². The molecule has 0 aromatic carbocycles. The number of nitrogens with zero attached hydrogens (tertiary/aromatic N) is 2. The molecule has 2 N–H and O–H groups in total. The molecule has 2 saturated heterocycles. The average molecular weight is 373 g/mol. The molecule has 0 atom stereocenters. The summed E-state index contributed by atoms with van der Waals surface area (Å²) in [6.45, 7) is 21.7. The normalized spacial score (nSPS) is 21.4. The first-order valence-corrected chi connectivity index (χ1v) is 12.2. The number of piperazine rings is 2. The van der Waals surface area contributed by atoms with Gasteiger partial charge < -0.3 is 19.5 Å². The Balaban J connectivity index is 1.81. The van der Waals surface area contributed by atoms with E-state index in [1.165, 1.54) is 0 Å². The van der Waals surface area contributed by atoms with Gasteiger partial charge in [0.2, 0.25) is 0 Å². The van der Waals surface area contributed by atoms with Crippen LogP contribution in [0.2, 0.25) is 11.1 Å². The van der Waals surface area contributed by atoms with Gasteiger partial charge in [-0.1, -0.05) is 27.7 Å². The zero-order valence-corrected chi connectivity index (χ0v) is 17.9. The second-order valence-corrected chi connectivity index (χ2v) is 12.2. The molecule has 0 amide bonds. The maximum Gasteiger partial charge on any atom is 0.343 e. The van der Waals surface area contributed by atoms with Crippen LogP contribution in [0.3, 0.4) is 0 Å². The molecule has 0 saturated carbocycles. The largest absolute Gasteiger partial charge is 0.393 e. The molecule has 7 heteroatoms. The Labute approximate surface area is 155 Å². The second-order valence-electron chi connectivity index (χ2n) is 7.91. The monoisotopic (exact) mass is 372 g/mol. The van der Waals surface area contributed by atoms with Gasteiger partial charge in [0.05, 0.1) is 0 Å². The summed E-state index contributed by atoms with van der Waals surface area (Å²) in [5.41, 5.74) is 0.942. The Bertz CT molecular complexity index is 325. The second kappa shape index (κ2) is 11.0. The molecule has 2 aliphatic rings. The summed E-state index contributed by atoms with van der Waals surface area (Å²) in [4.78, 5) is 4.99. The van der Waals surface area contributed by atoms with Crippen LogP contribution in [0.5, 0.6) is 0 Å². The van der Waals surface area contributed by atoms with E-state index >= 15 is 0 Å². The van der Waals surface area contributed by atoms with Gasteiger partial charge in [-0.15, -0.1) is 0 Å². The first-order valence-electron chi connectivity index (χ1n) is 10.2. The van der Waals surface area contributed by atoms with Gasteiger partial charge in [-0.25, -0.2) is 0 Å². The molecule has 2 aliphatic heterocycles. The lowest BCUT2D eigenvalue weighted by atomic mass is 10.4. The number of rotatable bonds is 10. The fraction of sp³-hybridized carbons (Fsp3) is 1.00. The van der Waals surface area contributed by atoms with Crippen molar-refractivity contribution in [2.75, 3.05) is 78.7 Å². The zero-order chi connectivity index (χ0) is 18.1. The molecule has 25 heavy (non-hydrogen) atoms. The van der Waals surface area contributed by atoms with Gasteiger partial charge >= 0.3 is 8.56 Å². The average Bonchev–Trinajstić information content (AvgIpc) is 2.61. The van der Waals surface area contributed by atoms with E-state index in [1.807, 2.05) is 0 Å². The molecule has 0 spiro atoms. The van der Waals surface area contributed by atoms with Crippen molar-refractivity contribution >= 4 is 8.56 Å². The van der Waals surface area contributed by atoms with Crippen LogP contribution in [-0.2, 0) is 8.85 Å². The van der Waals surface area contributed by atoms with Crippen molar-refractivity contribution in [3.63, 3.8) is 0 Å². The first-order chi connectivity index (χ1) is 12.0. The Kier molecular flexibility index (Phi) is 9.33. The molecule has 0 aromatic rings. The topological polar surface area (TPSA) is 49.0 Å².